The number of nitrogens with zero attached hydrogens (tertiary/aromatic N) is 2. The molecule has 2 heterocycles. The molecular formula is C84H105F3N2O4. The fourth-order valence-corrected chi connectivity index (χ4v) is 15.1. The molecule has 6 aromatic carbocycles. The first-order valence-corrected chi connectivity index (χ1v) is 33.7. The molecule has 9 heteroatoms. The molecule has 2 aromatic heterocycles. The van der Waals surface area contributed by atoms with Crippen molar-refractivity contribution in [2.45, 2.75) is 229 Å². The predicted octanol–water partition coefficient (Wildman–Crippen LogP) is 22.3. The minimum atomic E-state index is -2.61. The van der Waals surface area contributed by atoms with Crippen LogP contribution >= 0.6 is 0 Å². The maximum Gasteiger partial charge on any atom is 0.229 e. The molecule has 0 fully saturated rings. The zero-order valence-corrected chi connectivity index (χ0v) is 60.1. The van der Waals surface area contributed by atoms with Gasteiger partial charge in [0.2, 0.25) is 5.79 Å². The highest BCUT2D eigenvalue weighted by Gasteiger charge is 2.47. The Labute approximate surface area is 553 Å². The average Bonchev–Trinajstić information content (AvgIpc) is 1.63. The van der Waals surface area contributed by atoms with Crippen molar-refractivity contribution < 1.29 is 32.9 Å². The third kappa shape index (κ3) is 13.7. The molecule has 2 N–H and O–H groups in total. The van der Waals surface area contributed by atoms with Crippen LogP contribution in [0.3, 0.4) is 0 Å². The van der Waals surface area contributed by atoms with Crippen LogP contribution in [0.2, 0.25) is 0 Å². The van der Waals surface area contributed by atoms with Gasteiger partial charge in [0.1, 0.15) is 23.5 Å². The van der Waals surface area contributed by atoms with E-state index in [2.05, 4.69) is 253 Å². The lowest BCUT2D eigenvalue weighted by Gasteiger charge is -2.44. The summed E-state index contributed by atoms with van der Waals surface area (Å²) >= 11 is 0. The van der Waals surface area contributed by atoms with Crippen molar-refractivity contribution in [1.82, 2.24) is 9.13 Å². The average molecular weight is 1260 g/mol. The van der Waals surface area contributed by atoms with E-state index in [0.29, 0.717) is 22.4 Å². The van der Waals surface area contributed by atoms with Crippen LogP contribution in [0.15, 0.2) is 145 Å². The van der Waals surface area contributed by atoms with Crippen LogP contribution in [-0.4, -0.2) is 50.6 Å². The molecular weight excluding hydrogens is 1160 g/mol. The molecule has 2 aliphatic rings. The molecule has 6 nitrogen and oxygen atoms in total. The van der Waals surface area contributed by atoms with Gasteiger partial charge in [0.05, 0.1) is 40.8 Å². The number of alkyl halides is 1. The molecule has 0 saturated carbocycles. The van der Waals surface area contributed by atoms with E-state index in [1.807, 2.05) is 18.2 Å². The van der Waals surface area contributed by atoms with E-state index in [0.717, 1.165) is 102 Å². The minimum absolute atomic E-state index is 0.00726. The van der Waals surface area contributed by atoms with Crippen molar-refractivity contribution >= 4 is 54.8 Å². The molecule has 0 bridgehead atoms. The Kier molecular flexibility index (Phi) is 17.6. The highest BCUT2D eigenvalue weighted by atomic mass is 19.1. The maximum atomic E-state index is 17.0. The Morgan fingerprint density at radius 3 is 1.45 bits per heavy atom. The van der Waals surface area contributed by atoms with Crippen molar-refractivity contribution in [2.24, 2.45) is 16.2 Å². The largest absolute Gasteiger partial charge is 0.493 e. The van der Waals surface area contributed by atoms with Crippen LogP contribution in [0.1, 0.15) is 217 Å². The molecule has 10 rings (SSSR count). The van der Waals surface area contributed by atoms with Crippen molar-refractivity contribution in [3.8, 4) is 11.4 Å². The lowest BCUT2D eigenvalue weighted by Crippen LogP contribution is -2.45. The number of aliphatic hydroxyl groups excluding tert-OH is 1. The van der Waals surface area contributed by atoms with Gasteiger partial charge in [0.25, 0.3) is 0 Å². The molecule has 2 aliphatic carbocycles. The highest BCUT2D eigenvalue weighted by molar-refractivity contribution is 6.10. The maximum absolute atomic E-state index is 17.0. The summed E-state index contributed by atoms with van der Waals surface area (Å²) in [5.74, 6) is -3.59. The first-order chi connectivity index (χ1) is 42.7. The fraction of sp³-hybridized carbons (Fsp3) is 0.476. The fourth-order valence-electron chi connectivity index (χ4n) is 15.1. The van der Waals surface area contributed by atoms with E-state index in [-0.39, 0.29) is 57.7 Å². The van der Waals surface area contributed by atoms with Crippen molar-refractivity contribution in [3.05, 3.63) is 190 Å². The Balaban J connectivity index is 1.03. The van der Waals surface area contributed by atoms with Crippen LogP contribution in [-0.2, 0) is 37.4 Å². The SMILES string of the molecule is CC(C)(C)CC(C)(C)C1=CC(C)(n2c3cc(C(C)(C)C)ccc3c3ccc(C(C)(C)C)cc32)C(O)C(c2cc(F)ccc2OCCCOC2(O)C(c3cc(-n4c5cc(C(C)(C)C)ccc5c5ccc(C(C)(C)C)cc54)cc(C(C)(C)CC(C)(C)C)c3)=CC(F)=CC2F)=C1. The number of allylic oxidation sites excluding steroid dienone is 4. The first kappa shape index (κ1) is 69.2. The zero-order valence-electron chi connectivity index (χ0n) is 60.1. The zero-order chi connectivity index (χ0) is 68.5. The minimum Gasteiger partial charge on any atom is -0.493 e. The number of rotatable bonds is 14. The molecule has 4 atom stereocenters. The number of aliphatic hydroxyl groups is 2. The lowest BCUT2D eigenvalue weighted by molar-refractivity contribution is -0.188. The second-order valence-corrected chi connectivity index (χ2v) is 35.3. The van der Waals surface area contributed by atoms with Crippen molar-refractivity contribution in [3.63, 3.8) is 0 Å². The first-order valence-electron chi connectivity index (χ1n) is 33.7. The van der Waals surface area contributed by atoms with Crippen LogP contribution in [0, 0.1) is 22.1 Å². The third-order valence-electron chi connectivity index (χ3n) is 19.6. The molecule has 0 amide bonds. The lowest BCUT2D eigenvalue weighted by atomic mass is 9.67. The van der Waals surface area contributed by atoms with Crippen LogP contribution in [0.5, 0.6) is 5.75 Å². The van der Waals surface area contributed by atoms with E-state index >= 15 is 13.2 Å². The molecule has 496 valence electrons. The van der Waals surface area contributed by atoms with E-state index in [9.17, 15) is 10.2 Å². The van der Waals surface area contributed by atoms with Gasteiger partial charge in [0.15, 0.2) is 6.17 Å². The summed E-state index contributed by atoms with van der Waals surface area (Å²) in [6.07, 6.45) is 4.52. The third-order valence-corrected chi connectivity index (χ3v) is 19.6. The monoisotopic (exact) mass is 1260 g/mol. The van der Waals surface area contributed by atoms with Gasteiger partial charge in [0, 0.05) is 44.8 Å². The summed E-state index contributed by atoms with van der Waals surface area (Å²) in [6, 6.07) is 37.2. The molecule has 0 saturated heterocycles. The molecule has 0 spiro atoms. The standard InChI is InChI=1S/C84H105F3N2O4/c1-75(2,3)49-81(19,20)56-37-51(38-60(39-56)88-68-41-52(77(7,8)9)25-30-61(68)62-31-26-53(42-69(62)88)78(10,11)12)67-46-59(86)47-73(87)84(67,91)93-36-24-35-92-72-34-29-58(85)45-65(72)66-40-57(82(21,22)50-76(4,5)6)48-83(23,74(66)90)89-70-43-54(79(13,14)15)27-32-63(70)64-33-28-55(44-71(64)89)80(16,17)18/h25-34,37-48,73-74,90-91H,24,35-36,49-50H2,1-23H3. The highest BCUT2D eigenvalue weighted by Crippen LogP contribution is 2.52. The van der Waals surface area contributed by atoms with Crippen LogP contribution < -0.4 is 4.74 Å². The van der Waals surface area contributed by atoms with E-state index in [4.69, 9.17) is 9.47 Å². The van der Waals surface area contributed by atoms with Gasteiger partial charge in [-0.2, -0.15) is 0 Å². The number of aromatic nitrogens is 2. The normalized spacial score (nSPS) is 20.0. The number of ether oxygens (including phenoxy) is 2. The second kappa shape index (κ2) is 23.6. The Morgan fingerprint density at radius 2 is 0.978 bits per heavy atom. The molecule has 0 radical (unpaired) electrons. The molecule has 93 heavy (non-hydrogen) atoms. The van der Waals surface area contributed by atoms with E-state index < -0.39 is 46.1 Å². The molecule has 4 unspecified atom stereocenters. The number of fused-ring (bicyclic) bond motifs is 6. The van der Waals surface area contributed by atoms with E-state index in [1.54, 1.807) is 6.07 Å². The van der Waals surface area contributed by atoms with Crippen molar-refractivity contribution in [2.75, 3.05) is 13.2 Å². The van der Waals surface area contributed by atoms with E-state index in [1.165, 1.54) is 18.2 Å². The van der Waals surface area contributed by atoms with Gasteiger partial charge in [-0.15, -0.1) is 0 Å². The van der Waals surface area contributed by atoms with Gasteiger partial charge in [-0.05, 0) is 174 Å². The number of benzene rings is 6. The summed E-state index contributed by atoms with van der Waals surface area (Å²) < 4.78 is 66.9. The summed E-state index contributed by atoms with van der Waals surface area (Å²) in [5.41, 5.74) is 9.87. The second-order valence-electron chi connectivity index (χ2n) is 35.3. The smallest absolute Gasteiger partial charge is 0.229 e. The van der Waals surface area contributed by atoms with Crippen molar-refractivity contribution in [1.29, 1.82) is 0 Å². The molecule has 8 aromatic rings. The van der Waals surface area contributed by atoms with Gasteiger partial charge < -0.3 is 28.8 Å². The summed E-state index contributed by atoms with van der Waals surface area (Å²) in [7, 11) is 0. The topological polar surface area (TPSA) is 68.8 Å². The van der Waals surface area contributed by atoms with Gasteiger partial charge >= 0.3 is 0 Å². The van der Waals surface area contributed by atoms with Gasteiger partial charge in [-0.3, -0.25) is 0 Å². The van der Waals surface area contributed by atoms with Crippen LogP contribution in [0.4, 0.5) is 13.2 Å². The molecule has 0 aliphatic heterocycles. The Bertz CT molecular complexity index is 4200. The summed E-state index contributed by atoms with van der Waals surface area (Å²) in [6.45, 7) is 50.7. The summed E-state index contributed by atoms with van der Waals surface area (Å²) in [4.78, 5) is 0. The summed E-state index contributed by atoms with van der Waals surface area (Å²) in [5, 5.41) is 30.7. The number of hydrogen-bond donors (Lipinski definition) is 2. The number of halogens is 3. The Morgan fingerprint density at radius 1 is 0.516 bits per heavy atom. The van der Waals surface area contributed by atoms with Crippen LogP contribution in [0.25, 0.3) is 60.4 Å². The van der Waals surface area contributed by atoms with Gasteiger partial charge in [-0.1, -0.05) is 219 Å². The predicted molar refractivity (Wildman–Crippen MR) is 385 cm³/mol. The quantitative estimate of drug-likeness (QED) is 0.0841. The van der Waals surface area contributed by atoms with Gasteiger partial charge in [-0.25, -0.2) is 13.2 Å². The Hall–Kier alpha value is -6.65. The number of hydrogen-bond acceptors (Lipinski definition) is 4.